The fourth-order valence-corrected chi connectivity index (χ4v) is 3.93. The van der Waals surface area contributed by atoms with E-state index in [1.807, 2.05) is 57.2 Å². The van der Waals surface area contributed by atoms with Gasteiger partial charge in [-0.15, -0.1) is 0 Å². The van der Waals surface area contributed by atoms with Crippen LogP contribution in [0.1, 0.15) is 67.9 Å². The van der Waals surface area contributed by atoms with Gasteiger partial charge in [-0.25, -0.2) is 4.79 Å². The molecular formula is C23H27Cl2NO3. The first-order valence-electron chi connectivity index (χ1n) is 9.74. The van der Waals surface area contributed by atoms with Crippen molar-refractivity contribution < 1.29 is 14.6 Å². The van der Waals surface area contributed by atoms with Crippen LogP contribution >= 0.6 is 23.2 Å². The van der Waals surface area contributed by atoms with Gasteiger partial charge in [0.2, 0.25) is 0 Å². The molecule has 6 heteroatoms. The minimum atomic E-state index is -0.354. The van der Waals surface area contributed by atoms with Gasteiger partial charge in [-0.2, -0.15) is 0 Å². The second kappa shape index (κ2) is 8.55. The Morgan fingerprint density at radius 3 is 2.45 bits per heavy atom. The summed E-state index contributed by atoms with van der Waals surface area (Å²) in [6.07, 6.45) is 0.806. The molecule has 4 nitrogen and oxygen atoms in total. The van der Waals surface area contributed by atoms with Gasteiger partial charge < -0.3 is 14.7 Å². The Hall–Kier alpha value is -1.75. The van der Waals surface area contributed by atoms with E-state index in [0.29, 0.717) is 16.5 Å². The van der Waals surface area contributed by atoms with Crippen LogP contribution in [0.3, 0.4) is 0 Å². The summed E-state index contributed by atoms with van der Waals surface area (Å²) in [6, 6.07) is 11.6. The third kappa shape index (κ3) is 4.71. The molecule has 156 valence electrons. The maximum absolute atomic E-state index is 12.7. The van der Waals surface area contributed by atoms with E-state index < -0.39 is 0 Å². The van der Waals surface area contributed by atoms with Crippen LogP contribution in [0.4, 0.5) is 4.79 Å². The molecular weight excluding hydrogens is 409 g/mol. The van der Waals surface area contributed by atoms with E-state index in [9.17, 15) is 9.90 Å². The molecule has 2 atom stereocenters. The molecule has 29 heavy (non-hydrogen) atoms. The van der Waals surface area contributed by atoms with Crippen LogP contribution in [-0.2, 0) is 11.3 Å². The van der Waals surface area contributed by atoms with Gasteiger partial charge in [0.1, 0.15) is 6.10 Å². The third-order valence-corrected chi connectivity index (χ3v) is 6.38. The van der Waals surface area contributed by atoms with Gasteiger partial charge in [-0.1, -0.05) is 41.4 Å². The number of hydrogen-bond acceptors (Lipinski definition) is 3. The summed E-state index contributed by atoms with van der Waals surface area (Å²) in [7, 11) is 1.74. The summed E-state index contributed by atoms with van der Waals surface area (Å²) < 4.78 is 5.89. The molecule has 0 radical (unpaired) electrons. The Kier molecular flexibility index (Phi) is 6.47. The number of halogens is 2. The van der Waals surface area contributed by atoms with E-state index in [1.165, 1.54) is 0 Å². The van der Waals surface area contributed by atoms with Gasteiger partial charge in [-0.3, -0.25) is 0 Å². The molecule has 3 rings (SSSR count). The quantitative estimate of drug-likeness (QED) is 0.613. The molecule has 0 saturated carbocycles. The molecule has 0 aromatic heterocycles. The largest absolute Gasteiger partial charge is 0.441 e. The lowest BCUT2D eigenvalue weighted by molar-refractivity contribution is 0.0393. The zero-order valence-electron chi connectivity index (χ0n) is 17.2. The standard InChI is InChI=1S/C23H27Cl2NO3/c1-23(2,3)26(4)22(28)29-21-10-8-16(15-6-9-19(24)20(25)12-15)17-7-5-14(13-27)11-18(17)21/h5-7,9,11-12,16,21,27H,8,10,13H2,1-4H3/t16-,21-/m0/s1. The second-order valence-electron chi connectivity index (χ2n) is 8.53. The number of hydrogen-bond donors (Lipinski definition) is 1. The van der Waals surface area contributed by atoms with Gasteiger partial charge in [0.15, 0.2) is 0 Å². The van der Waals surface area contributed by atoms with E-state index >= 15 is 0 Å². The van der Waals surface area contributed by atoms with Crippen molar-refractivity contribution in [1.29, 1.82) is 0 Å². The van der Waals surface area contributed by atoms with Crippen molar-refractivity contribution in [2.45, 2.75) is 57.8 Å². The van der Waals surface area contributed by atoms with Crippen molar-refractivity contribution in [2.75, 3.05) is 7.05 Å². The summed E-state index contributed by atoms with van der Waals surface area (Å²) in [4.78, 5) is 14.3. The first-order valence-corrected chi connectivity index (χ1v) is 10.5. The number of nitrogens with zero attached hydrogens (tertiary/aromatic N) is 1. The molecule has 1 aliphatic rings. The fourth-order valence-electron chi connectivity index (χ4n) is 3.62. The Labute approximate surface area is 182 Å². The minimum absolute atomic E-state index is 0.0622. The van der Waals surface area contributed by atoms with Crippen LogP contribution in [0, 0.1) is 0 Å². The van der Waals surface area contributed by atoms with E-state index in [-0.39, 0.29) is 30.3 Å². The predicted molar refractivity (Wildman–Crippen MR) is 117 cm³/mol. The van der Waals surface area contributed by atoms with Crippen LogP contribution in [-0.4, -0.2) is 28.7 Å². The van der Waals surface area contributed by atoms with E-state index in [4.69, 9.17) is 27.9 Å². The number of aliphatic hydroxyl groups is 1. The zero-order chi connectivity index (χ0) is 21.3. The van der Waals surface area contributed by atoms with E-state index in [1.54, 1.807) is 11.9 Å². The molecule has 1 N–H and O–H groups in total. The summed E-state index contributed by atoms with van der Waals surface area (Å²) in [5, 5.41) is 10.7. The maximum Gasteiger partial charge on any atom is 0.410 e. The normalized spacial score (nSPS) is 18.9. The Morgan fingerprint density at radius 1 is 1.10 bits per heavy atom. The predicted octanol–water partition coefficient (Wildman–Crippen LogP) is 6.32. The number of benzene rings is 2. The van der Waals surface area contributed by atoms with Crippen molar-refractivity contribution in [1.82, 2.24) is 4.90 Å². The topological polar surface area (TPSA) is 49.8 Å². The number of ether oxygens (including phenoxy) is 1. The highest BCUT2D eigenvalue weighted by Crippen LogP contribution is 2.44. The molecule has 0 fully saturated rings. The number of rotatable bonds is 3. The van der Waals surface area contributed by atoms with Crippen LogP contribution in [0.5, 0.6) is 0 Å². The van der Waals surface area contributed by atoms with Crippen molar-refractivity contribution in [3.05, 3.63) is 68.7 Å². The van der Waals surface area contributed by atoms with Crippen LogP contribution in [0.2, 0.25) is 10.0 Å². The summed E-state index contributed by atoms with van der Waals surface area (Å²) >= 11 is 12.3. The molecule has 0 saturated heterocycles. The number of aliphatic hydroxyl groups excluding tert-OH is 1. The highest BCUT2D eigenvalue weighted by molar-refractivity contribution is 6.42. The van der Waals surface area contributed by atoms with Crippen molar-refractivity contribution in [3.63, 3.8) is 0 Å². The van der Waals surface area contributed by atoms with E-state index in [0.717, 1.165) is 28.7 Å². The smallest absolute Gasteiger partial charge is 0.410 e. The highest BCUT2D eigenvalue weighted by atomic mass is 35.5. The van der Waals surface area contributed by atoms with Gasteiger partial charge in [0, 0.05) is 18.5 Å². The van der Waals surface area contributed by atoms with Gasteiger partial charge >= 0.3 is 6.09 Å². The average Bonchev–Trinajstić information content (AvgIpc) is 2.68. The summed E-state index contributed by atoms with van der Waals surface area (Å²) in [5.41, 5.74) is 3.57. The zero-order valence-corrected chi connectivity index (χ0v) is 18.7. The van der Waals surface area contributed by atoms with Crippen molar-refractivity contribution in [2.24, 2.45) is 0 Å². The molecule has 2 aromatic carbocycles. The third-order valence-electron chi connectivity index (χ3n) is 5.64. The number of fused-ring (bicyclic) bond motifs is 1. The molecule has 0 heterocycles. The lowest BCUT2D eigenvalue weighted by Crippen LogP contribution is -2.43. The monoisotopic (exact) mass is 435 g/mol. The number of carbonyl (C=O) groups is 1. The molecule has 0 unspecified atom stereocenters. The average molecular weight is 436 g/mol. The Morgan fingerprint density at radius 2 is 1.83 bits per heavy atom. The van der Waals surface area contributed by atoms with Crippen LogP contribution in [0.15, 0.2) is 36.4 Å². The van der Waals surface area contributed by atoms with Crippen LogP contribution in [0.25, 0.3) is 0 Å². The molecule has 0 spiro atoms. The number of carbonyl (C=O) groups excluding carboxylic acids is 1. The van der Waals surface area contributed by atoms with E-state index in [2.05, 4.69) is 0 Å². The second-order valence-corrected chi connectivity index (χ2v) is 9.34. The Bertz CT molecular complexity index is 907. The summed E-state index contributed by atoms with van der Waals surface area (Å²) in [6.45, 7) is 5.83. The van der Waals surface area contributed by atoms with Gasteiger partial charge in [0.25, 0.3) is 0 Å². The van der Waals surface area contributed by atoms with Crippen LogP contribution < -0.4 is 0 Å². The first-order chi connectivity index (χ1) is 13.6. The van der Waals surface area contributed by atoms with Gasteiger partial charge in [-0.05, 0) is 74.1 Å². The lowest BCUT2D eigenvalue weighted by atomic mass is 9.77. The molecule has 2 aromatic rings. The molecule has 0 bridgehead atoms. The summed E-state index contributed by atoms with van der Waals surface area (Å²) in [5.74, 6) is 0.128. The van der Waals surface area contributed by atoms with Crippen molar-refractivity contribution in [3.8, 4) is 0 Å². The molecule has 0 aliphatic heterocycles. The Balaban J connectivity index is 1.95. The maximum atomic E-state index is 12.7. The SMILES string of the molecule is CN(C(=O)O[C@H]1CC[C@@H](c2ccc(Cl)c(Cl)c2)c2ccc(CO)cc21)C(C)(C)C. The highest BCUT2D eigenvalue weighted by Gasteiger charge is 2.33. The lowest BCUT2D eigenvalue weighted by Gasteiger charge is -2.36. The molecule has 1 aliphatic carbocycles. The number of amides is 1. The molecule has 1 amide bonds. The van der Waals surface area contributed by atoms with Crippen molar-refractivity contribution >= 4 is 29.3 Å². The minimum Gasteiger partial charge on any atom is -0.441 e. The fraction of sp³-hybridized carbons (Fsp3) is 0.435. The first kappa shape index (κ1) is 21.9. The van der Waals surface area contributed by atoms with Gasteiger partial charge in [0.05, 0.1) is 16.7 Å².